The summed E-state index contributed by atoms with van der Waals surface area (Å²) in [4.78, 5) is 35.4. The molecule has 0 unspecified atom stereocenters. The number of aryl methyl sites for hydroxylation is 1. The Morgan fingerprint density at radius 2 is 1.86 bits per heavy atom. The summed E-state index contributed by atoms with van der Waals surface area (Å²) in [5.74, 6) is 0.423. The van der Waals surface area contributed by atoms with Crippen LogP contribution in [0.15, 0.2) is 30.6 Å². The Morgan fingerprint density at radius 3 is 2.66 bits per heavy atom. The molecule has 1 amide bonds. The molecule has 1 saturated carbocycles. The summed E-state index contributed by atoms with van der Waals surface area (Å²) < 4.78 is 11.9. The molecule has 3 fully saturated rings. The smallest absolute Gasteiger partial charge is 0.410 e. The van der Waals surface area contributed by atoms with E-state index in [0.29, 0.717) is 25.5 Å². The van der Waals surface area contributed by atoms with Gasteiger partial charge in [-0.15, -0.1) is 0 Å². The Balaban J connectivity index is 1.25. The molecule has 2 saturated heterocycles. The van der Waals surface area contributed by atoms with Gasteiger partial charge in [0.2, 0.25) is 0 Å². The SMILES string of the molecule is Cc1c[nH]c2ncc(-c3cc4c(c([C@@H]5COCCN5C(=O)OC(C)(C)C)c3)CN(N3CCC5(CCC(=O)CC5)C3)CC4)cc12. The Hall–Kier alpha value is -3.27. The van der Waals surface area contributed by atoms with Crippen molar-refractivity contribution < 1.29 is 19.1 Å². The number of hydrogen-bond acceptors (Lipinski definition) is 7. The monoisotopic (exact) mass is 599 g/mol. The Kier molecular flexibility index (Phi) is 7.54. The average molecular weight is 600 g/mol. The number of Topliss-reactive ketones (excluding diaryl/α,β-unsaturated/α-hetero) is 1. The second kappa shape index (κ2) is 11.3. The van der Waals surface area contributed by atoms with Crippen molar-refractivity contribution in [1.29, 1.82) is 0 Å². The van der Waals surface area contributed by atoms with E-state index < -0.39 is 5.60 Å². The molecule has 3 aliphatic heterocycles. The number of nitrogens with one attached hydrogen (secondary N) is 1. The Bertz CT molecular complexity index is 1580. The van der Waals surface area contributed by atoms with Gasteiger partial charge in [-0.25, -0.2) is 19.8 Å². The Labute approximate surface area is 259 Å². The van der Waals surface area contributed by atoms with Crippen LogP contribution in [0.4, 0.5) is 4.79 Å². The second-order valence-electron chi connectivity index (χ2n) is 14.4. The molecule has 44 heavy (non-hydrogen) atoms. The molecule has 1 spiro atoms. The van der Waals surface area contributed by atoms with Gasteiger partial charge in [-0.2, -0.15) is 0 Å². The van der Waals surface area contributed by atoms with Crippen molar-refractivity contribution in [2.75, 3.05) is 39.4 Å². The maximum absolute atomic E-state index is 13.5. The molecule has 4 aliphatic rings. The third-order valence-corrected chi connectivity index (χ3v) is 10.2. The summed E-state index contributed by atoms with van der Waals surface area (Å²) in [5, 5.41) is 6.19. The first-order chi connectivity index (χ1) is 21.1. The quantitative estimate of drug-likeness (QED) is 0.398. The molecule has 7 rings (SSSR count). The van der Waals surface area contributed by atoms with E-state index in [2.05, 4.69) is 40.1 Å². The largest absolute Gasteiger partial charge is 0.444 e. The number of pyridine rings is 1. The highest BCUT2D eigenvalue weighted by Gasteiger charge is 2.43. The number of fused-ring (bicyclic) bond motifs is 2. The predicted molar refractivity (Wildman–Crippen MR) is 169 cm³/mol. The normalized spacial score (nSPS) is 23.0. The number of nitrogens with zero attached hydrogens (tertiary/aromatic N) is 4. The van der Waals surface area contributed by atoms with E-state index in [9.17, 15) is 9.59 Å². The third-order valence-electron chi connectivity index (χ3n) is 10.2. The predicted octanol–water partition coefficient (Wildman–Crippen LogP) is 5.96. The van der Waals surface area contributed by atoms with Crippen molar-refractivity contribution in [3.8, 4) is 11.1 Å². The lowest BCUT2D eigenvalue weighted by Gasteiger charge is -2.42. The van der Waals surface area contributed by atoms with Gasteiger partial charge in [0.1, 0.15) is 17.0 Å². The first kappa shape index (κ1) is 29.4. The van der Waals surface area contributed by atoms with Crippen LogP contribution in [0.3, 0.4) is 0 Å². The van der Waals surface area contributed by atoms with Gasteiger partial charge in [0, 0.05) is 68.9 Å². The van der Waals surface area contributed by atoms with Gasteiger partial charge >= 0.3 is 6.09 Å². The zero-order valence-electron chi connectivity index (χ0n) is 26.6. The van der Waals surface area contributed by atoms with E-state index in [1.54, 1.807) is 0 Å². The van der Waals surface area contributed by atoms with Crippen LogP contribution >= 0.6 is 0 Å². The third kappa shape index (κ3) is 5.66. The number of ether oxygens (including phenoxy) is 2. The number of ketones is 1. The molecule has 1 atom stereocenters. The number of carbonyl (C=O) groups excluding carboxylic acids is 2. The first-order valence-electron chi connectivity index (χ1n) is 16.3. The number of morpholine rings is 1. The van der Waals surface area contributed by atoms with Crippen LogP contribution in [-0.4, -0.2) is 81.8 Å². The van der Waals surface area contributed by atoms with Gasteiger partial charge in [0.05, 0.1) is 19.3 Å². The maximum atomic E-state index is 13.5. The number of hydrazine groups is 1. The van der Waals surface area contributed by atoms with Crippen molar-refractivity contribution in [3.63, 3.8) is 0 Å². The van der Waals surface area contributed by atoms with Gasteiger partial charge in [-0.05, 0) is 98.7 Å². The molecule has 9 nitrogen and oxygen atoms in total. The van der Waals surface area contributed by atoms with Crippen molar-refractivity contribution >= 4 is 22.9 Å². The van der Waals surface area contributed by atoms with E-state index in [0.717, 1.165) is 92.4 Å². The van der Waals surface area contributed by atoms with E-state index in [4.69, 9.17) is 14.5 Å². The molecule has 0 radical (unpaired) electrons. The molecule has 234 valence electrons. The van der Waals surface area contributed by atoms with Gasteiger partial charge in [-0.3, -0.25) is 9.69 Å². The Morgan fingerprint density at radius 1 is 1.05 bits per heavy atom. The van der Waals surface area contributed by atoms with Crippen LogP contribution in [0.5, 0.6) is 0 Å². The van der Waals surface area contributed by atoms with Crippen LogP contribution < -0.4 is 0 Å². The zero-order chi connectivity index (χ0) is 30.6. The second-order valence-corrected chi connectivity index (χ2v) is 14.4. The fourth-order valence-corrected chi connectivity index (χ4v) is 7.70. The lowest BCUT2D eigenvalue weighted by atomic mass is 9.73. The van der Waals surface area contributed by atoms with E-state index in [-0.39, 0.29) is 17.6 Å². The molecule has 9 heteroatoms. The van der Waals surface area contributed by atoms with Crippen molar-refractivity contribution in [2.45, 2.75) is 84.4 Å². The highest BCUT2D eigenvalue weighted by atomic mass is 16.6. The molecule has 5 heterocycles. The van der Waals surface area contributed by atoms with Crippen LogP contribution in [0.25, 0.3) is 22.2 Å². The number of benzene rings is 1. The number of carbonyl (C=O) groups is 2. The molecule has 1 N–H and O–H groups in total. The highest BCUT2D eigenvalue weighted by Crippen LogP contribution is 2.44. The number of rotatable bonds is 3. The molecular formula is C35H45N5O4. The van der Waals surface area contributed by atoms with Crippen LogP contribution in [0.1, 0.15) is 81.2 Å². The highest BCUT2D eigenvalue weighted by molar-refractivity contribution is 5.85. The lowest BCUT2D eigenvalue weighted by Crippen LogP contribution is -2.48. The van der Waals surface area contributed by atoms with E-state index >= 15 is 0 Å². The summed E-state index contributed by atoms with van der Waals surface area (Å²) in [6, 6.07) is 6.58. The number of amides is 1. The first-order valence-corrected chi connectivity index (χ1v) is 16.3. The summed E-state index contributed by atoms with van der Waals surface area (Å²) in [6.07, 6.45) is 9.24. The molecule has 1 aliphatic carbocycles. The van der Waals surface area contributed by atoms with Crippen molar-refractivity contribution in [3.05, 3.63) is 52.8 Å². The summed E-state index contributed by atoms with van der Waals surface area (Å²) in [7, 11) is 0. The van der Waals surface area contributed by atoms with Crippen molar-refractivity contribution in [2.24, 2.45) is 5.41 Å². The maximum Gasteiger partial charge on any atom is 0.410 e. The van der Waals surface area contributed by atoms with Crippen LogP contribution in [-0.2, 0) is 27.2 Å². The summed E-state index contributed by atoms with van der Waals surface area (Å²) >= 11 is 0. The topological polar surface area (TPSA) is 91.0 Å². The van der Waals surface area contributed by atoms with Gasteiger partial charge in [-0.1, -0.05) is 6.07 Å². The molecule has 0 bridgehead atoms. The van der Waals surface area contributed by atoms with Gasteiger partial charge < -0.3 is 14.5 Å². The minimum Gasteiger partial charge on any atom is -0.444 e. The average Bonchev–Trinajstić information content (AvgIpc) is 3.60. The van der Waals surface area contributed by atoms with Crippen LogP contribution in [0.2, 0.25) is 0 Å². The summed E-state index contributed by atoms with van der Waals surface area (Å²) in [6.45, 7) is 13.1. The summed E-state index contributed by atoms with van der Waals surface area (Å²) in [5.41, 5.74) is 7.69. The number of aromatic nitrogens is 2. The lowest BCUT2D eigenvalue weighted by molar-refractivity contribution is -0.122. The number of H-pyrrole nitrogens is 1. The minimum absolute atomic E-state index is 0.243. The zero-order valence-corrected chi connectivity index (χ0v) is 26.6. The van der Waals surface area contributed by atoms with E-state index in [1.165, 1.54) is 16.7 Å². The molecular weight excluding hydrogens is 554 g/mol. The van der Waals surface area contributed by atoms with Crippen molar-refractivity contribution in [1.82, 2.24) is 24.9 Å². The molecule has 2 aromatic heterocycles. The molecule has 1 aromatic carbocycles. The minimum atomic E-state index is -0.580. The van der Waals surface area contributed by atoms with E-state index in [1.807, 2.05) is 38.1 Å². The number of aromatic amines is 1. The van der Waals surface area contributed by atoms with Gasteiger partial charge in [0.25, 0.3) is 0 Å². The fourth-order valence-electron chi connectivity index (χ4n) is 7.70. The fraction of sp³-hybridized carbons (Fsp3) is 0.571. The number of hydrogen-bond donors (Lipinski definition) is 1. The molecule has 3 aromatic rings. The van der Waals surface area contributed by atoms with Gasteiger partial charge in [0.15, 0.2) is 0 Å². The van der Waals surface area contributed by atoms with Crippen LogP contribution in [0, 0.1) is 12.3 Å². The standard InChI is InChI=1S/C35H45N5O4/c1-23-18-36-32-28(23)17-26(19-37-32)25-15-24-7-11-38(39-12-10-35(22-39)8-5-27(41)6-9-35)20-30(24)29(16-25)31-21-43-14-13-40(31)33(42)44-34(2,3)4/h15-19,31H,5-14,20-22H2,1-4H3,(H,36,37)/t31-/m0/s1.